The molecule has 1 N–H and O–H groups in total. The lowest BCUT2D eigenvalue weighted by atomic mass is 10.3. The summed E-state index contributed by atoms with van der Waals surface area (Å²) in [6.07, 6.45) is 2.07. The van der Waals surface area contributed by atoms with E-state index in [1.54, 1.807) is 0 Å². The van der Waals surface area contributed by atoms with E-state index in [0.29, 0.717) is 6.04 Å². The summed E-state index contributed by atoms with van der Waals surface area (Å²) in [7, 11) is 0. The first-order valence-electron chi connectivity index (χ1n) is 3.06. The zero-order valence-corrected chi connectivity index (χ0v) is 6.15. The van der Waals surface area contributed by atoms with Gasteiger partial charge < -0.3 is 5.32 Å². The molecule has 0 bridgehead atoms. The Labute approximate surface area is 51.8 Å². The molecule has 0 aliphatic rings. The highest BCUT2D eigenvalue weighted by molar-refractivity contribution is 4.93. The van der Waals surface area contributed by atoms with Gasteiger partial charge in [-0.2, -0.15) is 0 Å². The van der Waals surface area contributed by atoms with Crippen molar-refractivity contribution < 1.29 is 0 Å². The average molecular weight is 113 g/mol. The highest BCUT2D eigenvalue weighted by atomic mass is 14.9. The summed E-state index contributed by atoms with van der Waals surface area (Å²) >= 11 is 0. The molecule has 0 aliphatic carbocycles. The van der Waals surface area contributed by atoms with E-state index < -0.39 is 0 Å². The fourth-order valence-corrected chi connectivity index (χ4v) is 0.539. The normalized spacial score (nSPS) is 12.4. The van der Waals surface area contributed by atoms with Gasteiger partial charge in [0.25, 0.3) is 0 Å². The second-order valence-corrected chi connectivity index (χ2v) is 2.27. The number of rotatable bonds is 2. The molecule has 0 fully saturated rings. The first-order valence-corrected chi connectivity index (χ1v) is 3.06. The number of hydrogen-bond donors (Lipinski definition) is 1. The fourth-order valence-electron chi connectivity index (χ4n) is 0.539. The van der Waals surface area contributed by atoms with E-state index in [4.69, 9.17) is 0 Å². The van der Waals surface area contributed by atoms with Crippen LogP contribution < -0.4 is 5.32 Å². The second kappa shape index (κ2) is 3.53. The molecule has 8 heavy (non-hydrogen) atoms. The zero-order chi connectivity index (χ0) is 6.57. The molecule has 0 saturated carbocycles. The lowest BCUT2D eigenvalue weighted by molar-refractivity contribution is 0.668. The lowest BCUT2D eigenvalue weighted by Gasteiger charge is -2.08. The maximum Gasteiger partial charge on any atom is 0.0201 e. The van der Waals surface area contributed by atoms with Crippen molar-refractivity contribution in [2.24, 2.45) is 0 Å². The highest BCUT2D eigenvalue weighted by Crippen LogP contribution is 1.87. The SMILES string of the molecule is C/C=C(\C)NC(C)C. The summed E-state index contributed by atoms with van der Waals surface area (Å²) in [5, 5.41) is 3.25. The van der Waals surface area contributed by atoms with Gasteiger partial charge in [0, 0.05) is 11.7 Å². The van der Waals surface area contributed by atoms with Gasteiger partial charge in [-0.3, -0.25) is 0 Å². The van der Waals surface area contributed by atoms with E-state index in [-0.39, 0.29) is 0 Å². The van der Waals surface area contributed by atoms with E-state index in [2.05, 4.69) is 32.2 Å². The Morgan fingerprint density at radius 2 is 2.00 bits per heavy atom. The first-order chi connectivity index (χ1) is 3.66. The van der Waals surface area contributed by atoms with Gasteiger partial charge in [-0.25, -0.2) is 0 Å². The molecule has 0 aromatic heterocycles. The van der Waals surface area contributed by atoms with Crippen LogP contribution in [0.15, 0.2) is 11.8 Å². The predicted octanol–water partition coefficient (Wildman–Crippen LogP) is 1.91. The van der Waals surface area contributed by atoms with E-state index in [1.807, 2.05) is 6.92 Å². The van der Waals surface area contributed by atoms with Crippen molar-refractivity contribution in [3.05, 3.63) is 11.8 Å². The van der Waals surface area contributed by atoms with Crippen molar-refractivity contribution in [2.75, 3.05) is 0 Å². The minimum Gasteiger partial charge on any atom is -0.387 e. The highest BCUT2D eigenvalue weighted by Gasteiger charge is 1.87. The predicted molar refractivity (Wildman–Crippen MR) is 37.7 cm³/mol. The molecule has 0 atom stereocenters. The maximum atomic E-state index is 3.25. The van der Waals surface area contributed by atoms with E-state index in [1.165, 1.54) is 5.70 Å². The molecule has 0 rings (SSSR count). The topological polar surface area (TPSA) is 12.0 Å². The van der Waals surface area contributed by atoms with Crippen LogP contribution in [0.25, 0.3) is 0 Å². The van der Waals surface area contributed by atoms with Gasteiger partial charge in [0.1, 0.15) is 0 Å². The molecule has 0 amide bonds. The molecule has 0 spiro atoms. The quantitative estimate of drug-likeness (QED) is 0.576. The van der Waals surface area contributed by atoms with Crippen LogP contribution in [0.3, 0.4) is 0 Å². The summed E-state index contributed by atoms with van der Waals surface area (Å²) in [6.45, 7) is 8.37. The molecular formula is C7H15N. The Hall–Kier alpha value is -0.460. The number of nitrogens with one attached hydrogen (secondary N) is 1. The maximum absolute atomic E-state index is 3.25. The van der Waals surface area contributed by atoms with Crippen molar-refractivity contribution in [1.29, 1.82) is 0 Å². The van der Waals surface area contributed by atoms with Gasteiger partial charge in [-0.15, -0.1) is 0 Å². The largest absolute Gasteiger partial charge is 0.387 e. The van der Waals surface area contributed by atoms with Gasteiger partial charge in [-0.1, -0.05) is 6.08 Å². The van der Waals surface area contributed by atoms with Crippen LogP contribution in [0.1, 0.15) is 27.7 Å². The third kappa shape index (κ3) is 3.72. The van der Waals surface area contributed by atoms with Crippen LogP contribution in [0, 0.1) is 0 Å². The van der Waals surface area contributed by atoms with E-state index in [9.17, 15) is 0 Å². The van der Waals surface area contributed by atoms with Crippen molar-refractivity contribution >= 4 is 0 Å². The van der Waals surface area contributed by atoms with Crippen LogP contribution in [-0.4, -0.2) is 6.04 Å². The molecule has 0 aromatic rings. The Kier molecular flexibility index (Phi) is 3.33. The molecule has 0 radical (unpaired) electrons. The summed E-state index contributed by atoms with van der Waals surface area (Å²) in [4.78, 5) is 0. The van der Waals surface area contributed by atoms with Crippen molar-refractivity contribution in [2.45, 2.75) is 33.7 Å². The molecule has 1 heteroatoms. The molecular weight excluding hydrogens is 98.1 g/mol. The molecule has 0 aromatic carbocycles. The third-order valence-corrected chi connectivity index (χ3v) is 0.949. The van der Waals surface area contributed by atoms with Gasteiger partial charge in [0.05, 0.1) is 0 Å². The molecule has 0 saturated heterocycles. The van der Waals surface area contributed by atoms with Gasteiger partial charge in [0.15, 0.2) is 0 Å². The van der Waals surface area contributed by atoms with E-state index in [0.717, 1.165) is 0 Å². The smallest absolute Gasteiger partial charge is 0.0201 e. The van der Waals surface area contributed by atoms with Crippen LogP contribution in [0.5, 0.6) is 0 Å². The van der Waals surface area contributed by atoms with Crippen molar-refractivity contribution in [1.82, 2.24) is 5.32 Å². The summed E-state index contributed by atoms with van der Waals surface area (Å²) < 4.78 is 0. The molecule has 0 unspecified atom stereocenters. The molecule has 0 heterocycles. The summed E-state index contributed by atoms with van der Waals surface area (Å²) in [5.41, 5.74) is 1.25. The lowest BCUT2D eigenvalue weighted by Crippen LogP contribution is -2.19. The zero-order valence-electron chi connectivity index (χ0n) is 6.15. The Morgan fingerprint density at radius 3 is 2.12 bits per heavy atom. The third-order valence-electron chi connectivity index (χ3n) is 0.949. The second-order valence-electron chi connectivity index (χ2n) is 2.27. The average Bonchev–Trinajstić information content (AvgIpc) is 1.65. The van der Waals surface area contributed by atoms with Crippen LogP contribution in [0.2, 0.25) is 0 Å². The summed E-state index contributed by atoms with van der Waals surface area (Å²) in [6, 6.07) is 0.561. The number of allylic oxidation sites excluding steroid dienone is 2. The minimum atomic E-state index is 0.561. The Bertz CT molecular complexity index is 82.4. The molecule has 0 aliphatic heterocycles. The Balaban J connectivity index is 3.39. The summed E-state index contributed by atoms with van der Waals surface area (Å²) in [5.74, 6) is 0. The minimum absolute atomic E-state index is 0.561. The van der Waals surface area contributed by atoms with Gasteiger partial charge in [0.2, 0.25) is 0 Å². The van der Waals surface area contributed by atoms with Gasteiger partial charge >= 0.3 is 0 Å². The van der Waals surface area contributed by atoms with Crippen LogP contribution in [-0.2, 0) is 0 Å². The van der Waals surface area contributed by atoms with Crippen molar-refractivity contribution in [3.63, 3.8) is 0 Å². The van der Waals surface area contributed by atoms with Crippen molar-refractivity contribution in [3.8, 4) is 0 Å². The van der Waals surface area contributed by atoms with E-state index >= 15 is 0 Å². The fraction of sp³-hybridized carbons (Fsp3) is 0.714. The van der Waals surface area contributed by atoms with Crippen LogP contribution >= 0.6 is 0 Å². The molecule has 48 valence electrons. The standard InChI is InChI=1S/C7H15N/c1-5-7(4)8-6(2)3/h5-6,8H,1-4H3/b7-5+. The molecule has 1 nitrogen and oxygen atoms in total. The monoisotopic (exact) mass is 113 g/mol. The van der Waals surface area contributed by atoms with Gasteiger partial charge in [-0.05, 0) is 27.7 Å². The number of hydrogen-bond acceptors (Lipinski definition) is 1. The van der Waals surface area contributed by atoms with Crippen LogP contribution in [0.4, 0.5) is 0 Å². The first kappa shape index (κ1) is 7.54. The Morgan fingerprint density at radius 1 is 1.50 bits per heavy atom.